The lowest BCUT2D eigenvalue weighted by Crippen LogP contribution is -2.76. The predicted octanol–water partition coefficient (Wildman–Crippen LogP) is 4.18. The molecule has 1 fully saturated rings. The molecule has 192 valence electrons. The lowest BCUT2D eigenvalue weighted by molar-refractivity contribution is -0.355. The Balaban J connectivity index is 2.11. The Morgan fingerprint density at radius 2 is 1.16 bits per heavy atom. The number of aliphatic hydroxyl groups is 4. The van der Waals surface area contributed by atoms with Gasteiger partial charge in [-0.05, 0) is 13.3 Å². The Kier molecular flexibility index (Phi) is 15.2. The molecule has 7 heteroatoms. The Bertz CT molecular complexity index is 464. The van der Waals surface area contributed by atoms with Crippen LogP contribution < -0.4 is 5.48 Å². The minimum Gasteiger partial charge on any atom is -0.394 e. The Morgan fingerprint density at radius 3 is 1.53 bits per heavy atom. The molecule has 7 nitrogen and oxygen atoms in total. The number of rotatable bonds is 19. The highest BCUT2D eigenvalue weighted by Gasteiger charge is 2.61. The first-order chi connectivity index (χ1) is 15.4. The number of ether oxygens (including phenoxy) is 1. The Labute approximate surface area is 195 Å². The molecule has 0 spiro atoms. The molecule has 5 atom stereocenters. The maximum Gasteiger partial charge on any atom is 0.186 e. The van der Waals surface area contributed by atoms with E-state index in [1.54, 1.807) is 0 Å². The lowest BCUT2D eigenvalue weighted by Gasteiger charge is -2.54. The van der Waals surface area contributed by atoms with Crippen molar-refractivity contribution in [3.8, 4) is 0 Å². The topological polar surface area (TPSA) is 122 Å². The van der Waals surface area contributed by atoms with Gasteiger partial charge < -0.3 is 30.4 Å². The van der Waals surface area contributed by atoms with Crippen molar-refractivity contribution in [2.75, 3.05) is 6.61 Å². The van der Waals surface area contributed by atoms with Gasteiger partial charge >= 0.3 is 0 Å². The summed E-state index contributed by atoms with van der Waals surface area (Å²) in [5.41, 5.74) is 0.415. The zero-order chi connectivity index (χ0) is 23.9. The summed E-state index contributed by atoms with van der Waals surface area (Å²) in [5.74, 6) is -1.93. The first-order valence-corrected chi connectivity index (χ1v) is 13.1. The first kappa shape index (κ1) is 29.8. The second kappa shape index (κ2) is 16.4. The molecule has 6 N–H and O–H groups in total. The van der Waals surface area contributed by atoms with Crippen LogP contribution in [0.15, 0.2) is 0 Å². The molecule has 0 amide bonds. The maximum absolute atomic E-state index is 10.7. The number of nitrogens with one attached hydrogen (secondary N) is 1. The van der Waals surface area contributed by atoms with Crippen LogP contribution in [-0.4, -0.2) is 61.9 Å². The quantitative estimate of drug-likeness (QED) is 0.126. The zero-order valence-electron chi connectivity index (χ0n) is 20.6. The van der Waals surface area contributed by atoms with Crippen LogP contribution >= 0.6 is 0 Å². The zero-order valence-corrected chi connectivity index (χ0v) is 20.6. The normalized spacial score (nSPS) is 30.7. The van der Waals surface area contributed by atoms with Crippen molar-refractivity contribution in [3.63, 3.8) is 0 Å². The molecule has 0 aromatic rings. The number of hydrogen-bond donors (Lipinski definition) is 6. The summed E-state index contributed by atoms with van der Waals surface area (Å²) < 4.78 is 5.36. The smallest absolute Gasteiger partial charge is 0.186 e. The monoisotopic (exact) mass is 461 g/mol. The van der Waals surface area contributed by atoms with E-state index < -0.39 is 36.2 Å². The molecule has 0 bridgehead atoms. The van der Waals surface area contributed by atoms with Gasteiger partial charge in [-0.15, -0.1) is 0 Å². The van der Waals surface area contributed by atoms with E-state index in [4.69, 9.17) is 4.74 Å². The average molecular weight is 462 g/mol. The van der Waals surface area contributed by atoms with Crippen LogP contribution in [0.4, 0.5) is 0 Å². The van der Waals surface area contributed by atoms with E-state index >= 15 is 0 Å². The molecule has 1 unspecified atom stereocenters. The predicted molar refractivity (Wildman–Crippen MR) is 126 cm³/mol. The van der Waals surface area contributed by atoms with Crippen LogP contribution in [0.1, 0.15) is 123 Å². The Hall–Kier alpha value is -0.280. The standard InChI is InChI=1S/C25H51NO6/c1-3-4-5-6-7-8-9-10-11-12-13-14-15-16-17-18-19-25(26-31)23(29)22(28)21(20-27)32-24(25,2)30/h21-23,26-31H,3-20H2,1-2H3/t21-,22-,23+,24?,25-/m1/s1. The van der Waals surface area contributed by atoms with Gasteiger partial charge in [0.05, 0.1) is 6.61 Å². The minimum absolute atomic E-state index is 0.241. The fourth-order valence-corrected chi connectivity index (χ4v) is 4.94. The summed E-state index contributed by atoms with van der Waals surface area (Å²) in [4.78, 5) is 0. The maximum atomic E-state index is 10.7. The molecule has 0 aromatic heterocycles. The van der Waals surface area contributed by atoms with Gasteiger partial charge in [0.15, 0.2) is 5.79 Å². The molecule has 0 saturated carbocycles. The van der Waals surface area contributed by atoms with Crippen LogP contribution in [0.5, 0.6) is 0 Å². The second-order valence-corrected chi connectivity index (χ2v) is 9.89. The van der Waals surface area contributed by atoms with Gasteiger partial charge in [0.25, 0.3) is 0 Å². The van der Waals surface area contributed by atoms with Crippen LogP contribution in [-0.2, 0) is 4.74 Å². The third kappa shape index (κ3) is 9.16. The van der Waals surface area contributed by atoms with Crippen molar-refractivity contribution < 1.29 is 30.4 Å². The second-order valence-electron chi connectivity index (χ2n) is 9.89. The van der Waals surface area contributed by atoms with Crippen LogP contribution in [0.2, 0.25) is 0 Å². The molecule has 1 saturated heterocycles. The Morgan fingerprint density at radius 1 is 0.750 bits per heavy atom. The van der Waals surface area contributed by atoms with Crippen molar-refractivity contribution >= 4 is 0 Å². The van der Waals surface area contributed by atoms with E-state index in [2.05, 4.69) is 6.92 Å². The van der Waals surface area contributed by atoms with Crippen LogP contribution in [0, 0.1) is 0 Å². The van der Waals surface area contributed by atoms with E-state index in [1.165, 1.54) is 84.0 Å². The SMILES string of the molecule is CCCCCCCCCCCCCCCCCC[C@@]1(NO)[C@@H](O)[C@H](O)[C@@H](CO)OC1(C)O. The highest BCUT2D eigenvalue weighted by molar-refractivity contribution is 5.09. The third-order valence-corrected chi connectivity index (χ3v) is 7.22. The summed E-state index contributed by atoms with van der Waals surface area (Å²) >= 11 is 0. The summed E-state index contributed by atoms with van der Waals surface area (Å²) in [6, 6.07) is 0. The number of hydrogen-bond acceptors (Lipinski definition) is 7. The minimum atomic E-state index is -1.93. The van der Waals surface area contributed by atoms with Crippen molar-refractivity contribution in [3.05, 3.63) is 0 Å². The van der Waals surface area contributed by atoms with E-state index in [0.717, 1.165) is 19.3 Å². The molecule has 1 heterocycles. The number of unbranched alkanes of at least 4 members (excludes halogenated alkanes) is 15. The molecule has 32 heavy (non-hydrogen) atoms. The highest BCUT2D eigenvalue weighted by Crippen LogP contribution is 2.39. The van der Waals surface area contributed by atoms with Crippen LogP contribution in [0.3, 0.4) is 0 Å². The van der Waals surface area contributed by atoms with Gasteiger partial charge in [-0.25, -0.2) is 0 Å². The summed E-state index contributed by atoms with van der Waals surface area (Å²) in [6.45, 7) is 3.06. The van der Waals surface area contributed by atoms with Gasteiger partial charge in [-0.1, -0.05) is 110 Å². The molecular formula is C25H51NO6. The van der Waals surface area contributed by atoms with E-state index in [-0.39, 0.29) is 6.42 Å². The molecular weight excluding hydrogens is 410 g/mol. The molecule has 1 aliphatic rings. The average Bonchev–Trinajstić information content (AvgIpc) is 2.78. The van der Waals surface area contributed by atoms with Gasteiger partial charge in [0.2, 0.25) is 0 Å². The summed E-state index contributed by atoms with van der Waals surface area (Å²) in [6.07, 6.45) is 16.2. The van der Waals surface area contributed by atoms with Crippen molar-refractivity contribution in [1.82, 2.24) is 5.48 Å². The number of hydroxylamine groups is 1. The molecule has 0 aliphatic carbocycles. The molecule has 1 rings (SSSR count). The van der Waals surface area contributed by atoms with Gasteiger partial charge in [-0.3, -0.25) is 0 Å². The third-order valence-electron chi connectivity index (χ3n) is 7.22. The molecule has 1 aliphatic heterocycles. The van der Waals surface area contributed by atoms with Gasteiger partial charge in [0.1, 0.15) is 23.9 Å². The first-order valence-electron chi connectivity index (χ1n) is 13.1. The fourth-order valence-electron chi connectivity index (χ4n) is 4.94. The molecule has 0 radical (unpaired) electrons. The van der Waals surface area contributed by atoms with Gasteiger partial charge in [0, 0.05) is 0 Å². The summed E-state index contributed by atoms with van der Waals surface area (Å²) in [5, 5.41) is 50.4. The van der Waals surface area contributed by atoms with Crippen molar-refractivity contribution in [2.24, 2.45) is 0 Å². The van der Waals surface area contributed by atoms with Crippen LogP contribution in [0.25, 0.3) is 0 Å². The summed E-state index contributed by atoms with van der Waals surface area (Å²) in [7, 11) is 0. The molecule has 0 aromatic carbocycles. The lowest BCUT2D eigenvalue weighted by atomic mass is 9.74. The van der Waals surface area contributed by atoms with E-state index in [9.17, 15) is 25.6 Å². The van der Waals surface area contributed by atoms with Crippen molar-refractivity contribution in [1.29, 1.82) is 0 Å². The van der Waals surface area contributed by atoms with Crippen molar-refractivity contribution in [2.45, 2.75) is 153 Å². The number of aliphatic hydroxyl groups excluding tert-OH is 3. The van der Waals surface area contributed by atoms with E-state index in [0.29, 0.717) is 6.42 Å². The fraction of sp³-hybridized carbons (Fsp3) is 1.00. The van der Waals surface area contributed by atoms with E-state index in [1.807, 2.05) is 5.48 Å². The largest absolute Gasteiger partial charge is 0.394 e. The highest BCUT2D eigenvalue weighted by atomic mass is 16.7. The van der Waals surface area contributed by atoms with Gasteiger partial charge in [-0.2, -0.15) is 5.48 Å².